The van der Waals surface area contributed by atoms with Crippen LogP contribution in [0.2, 0.25) is 0 Å². The molecular formula is C13H19NO2S. The molecule has 1 saturated carbocycles. The van der Waals surface area contributed by atoms with Gasteiger partial charge in [0.05, 0.1) is 5.25 Å². The molecule has 2 rings (SSSR count). The molecule has 0 unspecified atom stereocenters. The van der Waals surface area contributed by atoms with Gasteiger partial charge in [-0.1, -0.05) is 37.6 Å². The molecule has 0 aliphatic heterocycles. The maximum atomic E-state index is 11.7. The summed E-state index contributed by atoms with van der Waals surface area (Å²) in [5.41, 5.74) is 2.34. The molecule has 1 aromatic carbocycles. The Morgan fingerprint density at radius 3 is 2.47 bits per heavy atom. The monoisotopic (exact) mass is 253 g/mol. The molecule has 0 atom stereocenters. The Morgan fingerprint density at radius 2 is 1.88 bits per heavy atom. The average Bonchev–Trinajstić information content (AvgIpc) is 3.12. The van der Waals surface area contributed by atoms with E-state index in [0.29, 0.717) is 6.54 Å². The standard InChI is InChI=1S/C13H19NO2S/c1-2-5-11-6-3-4-7-12(11)10-14-17(15,16)13-8-9-13/h3-4,6-7,13-14H,2,5,8-10H2,1H3. The zero-order chi connectivity index (χ0) is 12.3. The molecule has 0 radical (unpaired) electrons. The van der Waals surface area contributed by atoms with Crippen LogP contribution in [-0.4, -0.2) is 13.7 Å². The van der Waals surface area contributed by atoms with Crippen molar-refractivity contribution in [3.63, 3.8) is 0 Å². The van der Waals surface area contributed by atoms with E-state index in [4.69, 9.17) is 0 Å². The Kier molecular flexibility index (Phi) is 3.84. The fraction of sp³-hybridized carbons (Fsp3) is 0.538. The fourth-order valence-electron chi connectivity index (χ4n) is 1.92. The van der Waals surface area contributed by atoms with Gasteiger partial charge in [-0.25, -0.2) is 13.1 Å². The van der Waals surface area contributed by atoms with E-state index in [2.05, 4.69) is 17.7 Å². The lowest BCUT2D eigenvalue weighted by molar-refractivity contribution is 0.579. The number of nitrogens with one attached hydrogen (secondary N) is 1. The van der Waals surface area contributed by atoms with Crippen molar-refractivity contribution in [1.82, 2.24) is 4.72 Å². The van der Waals surface area contributed by atoms with Crippen LogP contribution in [0.5, 0.6) is 0 Å². The maximum Gasteiger partial charge on any atom is 0.214 e. The molecule has 1 fully saturated rings. The topological polar surface area (TPSA) is 46.2 Å². The van der Waals surface area contributed by atoms with Gasteiger partial charge in [0.25, 0.3) is 0 Å². The Bertz CT molecular complexity index is 478. The minimum atomic E-state index is -3.07. The van der Waals surface area contributed by atoms with Gasteiger partial charge in [0, 0.05) is 6.54 Å². The van der Waals surface area contributed by atoms with E-state index in [0.717, 1.165) is 31.2 Å². The third-order valence-electron chi connectivity index (χ3n) is 3.06. The van der Waals surface area contributed by atoms with Crippen LogP contribution in [0, 0.1) is 0 Å². The number of sulfonamides is 1. The Morgan fingerprint density at radius 1 is 1.24 bits per heavy atom. The molecular weight excluding hydrogens is 234 g/mol. The van der Waals surface area contributed by atoms with E-state index < -0.39 is 10.0 Å². The van der Waals surface area contributed by atoms with Gasteiger partial charge in [-0.15, -0.1) is 0 Å². The Hall–Kier alpha value is -0.870. The molecule has 3 nitrogen and oxygen atoms in total. The molecule has 1 aliphatic rings. The third-order valence-corrected chi connectivity index (χ3v) is 4.96. The van der Waals surface area contributed by atoms with Gasteiger partial charge < -0.3 is 0 Å². The maximum absolute atomic E-state index is 11.7. The molecule has 17 heavy (non-hydrogen) atoms. The van der Waals surface area contributed by atoms with Gasteiger partial charge in [0.2, 0.25) is 10.0 Å². The van der Waals surface area contributed by atoms with Crippen molar-refractivity contribution < 1.29 is 8.42 Å². The second-order valence-corrected chi connectivity index (χ2v) is 6.63. The van der Waals surface area contributed by atoms with Crippen LogP contribution in [-0.2, 0) is 23.0 Å². The highest BCUT2D eigenvalue weighted by Crippen LogP contribution is 2.27. The van der Waals surface area contributed by atoms with E-state index in [9.17, 15) is 8.42 Å². The summed E-state index contributed by atoms with van der Waals surface area (Å²) in [6.07, 6.45) is 3.70. The van der Waals surface area contributed by atoms with Crippen LogP contribution in [0.3, 0.4) is 0 Å². The zero-order valence-corrected chi connectivity index (χ0v) is 11.0. The second kappa shape index (κ2) is 5.19. The lowest BCUT2D eigenvalue weighted by atomic mass is 10.0. The zero-order valence-electron chi connectivity index (χ0n) is 10.1. The highest BCUT2D eigenvalue weighted by Gasteiger charge is 2.35. The van der Waals surface area contributed by atoms with Gasteiger partial charge in [0.15, 0.2) is 0 Å². The van der Waals surface area contributed by atoms with Crippen molar-refractivity contribution in [2.75, 3.05) is 0 Å². The summed E-state index contributed by atoms with van der Waals surface area (Å²) in [7, 11) is -3.07. The van der Waals surface area contributed by atoms with Crippen LogP contribution in [0.25, 0.3) is 0 Å². The molecule has 94 valence electrons. The molecule has 0 spiro atoms. The summed E-state index contributed by atoms with van der Waals surface area (Å²) in [4.78, 5) is 0. The molecule has 0 aromatic heterocycles. The normalized spacial score (nSPS) is 16.1. The van der Waals surface area contributed by atoms with Crippen molar-refractivity contribution in [3.05, 3.63) is 35.4 Å². The highest BCUT2D eigenvalue weighted by molar-refractivity contribution is 7.90. The van der Waals surface area contributed by atoms with Crippen molar-refractivity contribution in [1.29, 1.82) is 0 Å². The lowest BCUT2D eigenvalue weighted by Crippen LogP contribution is -2.27. The number of hydrogen-bond donors (Lipinski definition) is 1. The molecule has 0 heterocycles. The molecule has 1 N–H and O–H groups in total. The quantitative estimate of drug-likeness (QED) is 0.845. The summed E-state index contributed by atoms with van der Waals surface area (Å²) >= 11 is 0. The number of hydrogen-bond acceptors (Lipinski definition) is 2. The molecule has 0 bridgehead atoms. The lowest BCUT2D eigenvalue weighted by Gasteiger charge is -2.10. The minimum absolute atomic E-state index is 0.138. The molecule has 1 aliphatic carbocycles. The van der Waals surface area contributed by atoms with E-state index in [1.165, 1.54) is 5.56 Å². The summed E-state index contributed by atoms with van der Waals surface area (Å²) in [6, 6.07) is 8.04. The summed E-state index contributed by atoms with van der Waals surface area (Å²) in [5.74, 6) is 0. The fourth-order valence-corrected chi connectivity index (χ4v) is 3.27. The summed E-state index contributed by atoms with van der Waals surface area (Å²) in [6.45, 7) is 2.56. The van der Waals surface area contributed by atoms with Crippen molar-refractivity contribution >= 4 is 10.0 Å². The molecule has 0 saturated heterocycles. The first-order valence-corrected chi connectivity index (χ1v) is 7.73. The van der Waals surface area contributed by atoms with Crippen molar-refractivity contribution in [2.45, 2.75) is 44.4 Å². The number of benzene rings is 1. The van der Waals surface area contributed by atoms with E-state index >= 15 is 0 Å². The van der Waals surface area contributed by atoms with E-state index in [1.54, 1.807) is 0 Å². The van der Waals surface area contributed by atoms with Gasteiger partial charge in [-0.3, -0.25) is 0 Å². The van der Waals surface area contributed by atoms with Crippen molar-refractivity contribution in [2.24, 2.45) is 0 Å². The van der Waals surface area contributed by atoms with E-state index in [-0.39, 0.29) is 5.25 Å². The van der Waals surface area contributed by atoms with Crippen LogP contribution >= 0.6 is 0 Å². The predicted molar refractivity (Wildman–Crippen MR) is 69.2 cm³/mol. The highest BCUT2D eigenvalue weighted by atomic mass is 32.2. The number of aryl methyl sites for hydroxylation is 1. The van der Waals surface area contributed by atoms with Crippen LogP contribution < -0.4 is 4.72 Å². The largest absolute Gasteiger partial charge is 0.214 e. The van der Waals surface area contributed by atoms with Crippen LogP contribution in [0.4, 0.5) is 0 Å². The first kappa shape index (κ1) is 12.6. The molecule has 0 amide bonds. The smallest absolute Gasteiger partial charge is 0.212 e. The average molecular weight is 253 g/mol. The van der Waals surface area contributed by atoms with Crippen LogP contribution in [0.15, 0.2) is 24.3 Å². The first-order chi connectivity index (χ1) is 8.13. The number of rotatable bonds is 6. The molecule has 1 aromatic rings. The first-order valence-electron chi connectivity index (χ1n) is 6.18. The Labute approximate surface area is 103 Å². The van der Waals surface area contributed by atoms with Gasteiger partial charge in [0.1, 0.15) is 0 Å². The van der Waals surface area contributed by atoms with Gasteiger partial charge >= 0.3 is 0 Å². The minimum Gasteiger partial charge on any atom is -0.212 e. The summed E-state index contributed by atoms with van der Waals surface area (Å²) < 4.78 is 26.2. The SMILES string of the molecule is CCCc1ccccc1CNS(=O)(=O)C1CC1. The molecule has 4 heteroatoms. The predicted octanol–water partition coefficient (Wildman–Crippen LogP) is 2.22. The summed E-state index contributed by atoms with van der Waals surface area (Å²) in [5, 5.41) is -0.138. The third kappa shape index (κ3) is 3.30. The van der Waals surface area contributed by atoms with Crippen molar-refractivity contribution in [3.8, 4) is 0 Å². The second-order valence-electron chi connectivity index (χ2n) is 4.58. The Balaban J connectivity index is 2.03. The van der Waals surface area contributed by atoms with Crippen LogP contribution in [0.1, 0.15) is 37.3 Å². The van der Waals surface area contributed by atoms with Gasteiger partial charge in [-0.2, -0.15) is 0 Å². The van der Waals surface area contributed by atoms with E-state index in [1.807, 2.05) is 18.2 Å². The van der Waals surface area contributed by atoms with Gasteiger partial charge in [-0.05, 0) is 30.4 Å².